The van der Waals surface area contributed by atoms with E-state index in [4.69, 9.17) is 11.6 Å². The maximum Gasteiger partial charge on any atom is 0.195 e. The predicted molar refractivity (Wildman–Crippen MR) is 53.4 cm³/mol. The lowest BCUT2D eigenvalue weighted by Crippen LogP contribution is -1.95. The number of aliphatic hydroxyl groups is 1. The van der Waals surface area contributed by atoms with Gasteiger partial charge in [-0.25, -0.2) is 4.98 Å². The zero-order chi connectivity index (χ0) is 9.59. The smallest absolute Gasteiger partial charge is 0.195 e. The Morgan fingerprint density at radius 1 is 1.69 bits per heavy atom. The molecule has 3 nitrogen and oxygen atoms in total. The summed E-state index contributed by atoms with van der Waals surface area (Å²) in [4.78, 5) is 6.13. The zero-order valence-corrected chi connectivity index (χ0v) is 8.85. The number of aromatic nitrogens is 2. The average Bonchev–Trinajstić information content (AvgIpc) is 2.41. The van der Waals surface area contributed by atoms with Crippen LogP contribution in [0.25, 0.3) is 4.96 Å². The minimum absolute atomic E-state index is 0.390. The first-order valence-electron chi connectivity index (χ1n) is 3.91. The first-order chi connectivity index (χ1) is 6.09. The minimum Gasteiger partial charge on any atom is -0.387 e. The van der Waals surface area contributed by atoms with E-state index < -0.39 is 6.10 Å². The van der Waals surface area contributed by atoms with Gasteiger partial charge in [0.25, 0.3) is 0 Å². The highest BCUT2D eigenvalue weighted by Crippen LogP contribution is 2.27. The van der Waals surface area contributed by atoms with Gasteiger partial charge in [-0.15, -0.1) is 11.3 Å². The maximum atomic E-state index is 9.46. The molecule has 2 aromatic heterocycles. The summed E-state index contributed by atoms with van der Waals surface area (Å²) in [5.74, 6) is 0. The van der Waals surface area contributed by atoms with E-state index in [0.29, 0.717) is 10.8 Å². The summed E-state index contributed by atoms with van der Waals surface area (Å²) in [6.45, 7) is 3.68. The zero-order valence-electron chi connectivity index (χ0n) is 7.28. The summed E-state index contributed by atoms with van der Waals surface area (Å²) in [5, 5.41) is 9.85. The Morgan fingerprint density at radius 2 is 2.38 bits per heavy atom. The molecule has 0 amide bonds. The maximum absolute atomic E-state index is 9.46. The molecule has 0 aromatic carbocycles. The van der Waals surface area contributed by atoms with Gasteiger partial charge in [-0.1, -0.05) is 11.6 Å². The van der Waals surface area contributed by atoms with Gasteiger partial charge < -0.3 is 5.11 Å². The lowest BCUT2D eigenvalue weighted by Gasteiger charge is -2.01. The second-order valence-electron chi connectivity index (χ2n) is 2.96. The van der Waals surface area contributed by atoms with E-state index in [0.717, 1.165) is 9.84 Å². The van der Waals surface area contributed by atoms with E-state index in [2.05, 4.69) is 4.98 Å². The quantitative estimate of drug-likeness (QED) is 0.795. The van der Waals surface area contributed by atoms with Crippen LogP contribution in [0.2, 0.25) is 5.15 Å². The molecule has 70 valence electrons. The van der Waals surface area contributed by atoms with Gasteiger partial charge in [0.15, 0.2) is 10.1 Å². The van der Waals surface area contributed by atoms with Gasteiger partial charge in [-0.2, -0.15) is 0 Å². The van der Waals surface area contributed by atoms with Crippen LogP contribution >= 0.6 is 22.9 Å². The van der Waals surface area contributed by atoms with Gasteiger partial charge >= 0.3 is 0 Å². The van der Waals surface area contributed by atoms with E-state index in [9.17, 15) is 5.11 Å². The number of rotatable bonds is 1. The van der Waals surface area contributed by atoms with Crippen LogP contribution < -0.4 is 0 Å². The SMILES string of the molecule is Cc1cn2c([C@H](C)O)c(Cl)nc2s1. The minimum atomic E-state index is -0.587. The molecule has 13 heavy (non-hydrogen) atoms. The standard InChI is InChI=1S/C8H9ClN2OS/c1-4-3-11-6(5(2)12)7(9)10-8(11)13-4/h3,5,12H,1-2H3/t5-/m0/s1. The number of aliphatic hydroxyl groups excluding tert-OH is 1. The van der Waals surface area contributed by atoms with Crippen LogP contribution in [-0.2, 0) is 0 Å². The first-order valence-corrected chi connectivity index (χ1v) is 5.11. The van der Waals surface area contributed by atoms with Crippen LogP contribution in [0, 0.1) is 6.92 Å². The normalized spacial score (nSPS) is 13.8. The van der Waals surface area contributed by atoms with Gasteiger partial charge in [-0.05, 0) is 13.8 Å². The van der Waals surface area contributed by atoms with Crippen molar-refractivity contribution >= 4 is 27.9 Å². The van der Waals surface area contributed by atoms with Crippen molar-refractivity contribution in [1.29, 1.82) is 0 Å². The Balaban J connectivity index is 2.75. The van der Waals surface area contributed by atoms with Crippen molar-refractivity contribution in [3.63, 3.8) is 0 Å². The third-order valence-corrected chi connectivity index (χ3v) is 3.01. The summed E-state index contributed by atoms with van der Waals surface area (Å²) < 4.78 is 1.84. The summed E-state index contributed by atoms with van der Waals surface area (Å²) in [5.41, 5.74) is 0.668. The van der Waals surface area contributed by atoms with Crippen LogP contribution in [0.15, 0.2) is 6.20 Å². The highest BCUT2D eigenvalue weighted by atomic mass is 35.5. The molecule has 0 aliphatic carbocycles. The summed E-state index contributed by atoms with van der Waals surface area (Å²) in [7, 11) is 0. The van der Waals surface area contributed by atoms with Crippen molar-refractivity contribution in [2.75, 3.05) is 0 Å². The van der Waals surface area contributed by atoms with Crippen LogP contribution in [0.3, 0.4) is 0 Å². The molecule has 0 saturated heterocycles. The highest BCUT2D eigenvalue weighted by Gasteiger charge is 2.16. The molecule has 0 saturated carbocycles. The van der Waals surface area contributed by atoms with Crippen molar-refractivity contribution in [3.8, 4) is 0 Å². The Labute approximate surface area is 84.6 Å². The number of aryl methyl sites for hydroxylation is 1. The van der Waals surface area contributed by atoms with Gasteiger partial charge in [-0.3, -0.25) is 4.40 Å². The molecule has 1 N–H and O–H groups in total. The molecular weight excluding hydrogens is 208 g/mol. The second-order valence-corrected chi connectivity index (χ2v) is 4.53. The van der Waals surface area contributed by atoms with Crippen LogP contribution in [0.4, 0.5) is 0 Å². The number of nitrogens with zero attached hydrogens (tertiary/aromatic N) is 2. The fourth-order valence-electron chi connectivity index (χ4n) is 1.32. The van der Waals surface area contributed by atoms with E-state index in [-0.39, 0.29) is 0 Å². The molecule has 2 heterocycles. The molecule has 5 heteroatoms. The third-order valence-electron chi connectivity index (χ3n) is 1.83. The predicted octanol–water partition coefficient (Wildman–Crippen LogP) is 2.41. The van der Waals surface area contributed by atoms with Crippen molar-refractivity contribution in [1.82, 2.24) is 9.38 Å². The monoisotopic (exact) mass is 216 g/mol. The van der Waals surface area contributed by atoms with E-state index in [1.54, 1.807) is 18.3 Å². The van der Waals surface area contributed by atoms with E-state index in [1.807, 2.05) is 17.5 Å². The molecule has 2 rings (SSSR count). The van der Waals surface area contributed by atoms with Crippen molar-refractivity contribution < 1.29 is 5.11 Å². The van der Waals surface area contributed by atoms with E-state index >= 15 is 0 Å². The lowest BCUT2D eigenvalue weighted by molar-refractivity contribution is 0.193. The molecule has 0 radical (unpaired) electrons. The Kier molecular flexibility index (Phi) is 2.06. The Morgan fingerprint density at radius 3 is 3.00 bits per heavy atom. The van der Waals surface area contributed by atoms with Gasteiger partial charge in [0.05, 0.1) is 11.8 Å². The molecule has 0 spiro atoms. The molecule has 2 aromatic rings. The largest absolute Gasteiger partial charge is 0.387 e. The highest BCUT2D eigenvalue weighted by molar-refractivity contribution is 7.17. The summed E-state index contributed by atoms with van der Waals surface area (Å²) in [6, 6.07) is 0. The summed E-state index contributed by atoms with van der Waals surface area (Å²) in [6.07, 6.45) is 1.34. The molecule has 0 aliphatic rings. The van der Waals surface area contributed by atoms with Crippen LogP contribution in [0.1, 0.15) is 23.6 Å². The number of fused-ring (bicyclic) bond motifs is 1. The number of hydrogen-bond acceptors (Lipinski definition) is 3. The molecule has 0 bridgehead atoms. The Hall–Kier alpha value is -0.580. The molecule has 0 aliphatic heterocycles. The molecule has 1 atom stereocenters. The molecule has 0 fully saturated rings. The fourth-order valence-corrected chi connectivity index (χ4v) is 2.53. The van der Waals surface area contributed by atoms with Gasteiger partial charge in [0, 0.05) is 11.1 Å². The molecular formula is C8H9ClN2OS. The average molecular weight is 217 g/mol. The van der Waals surface area contributed by atoms with Gasteiger partial charge in [0.2, 0.25) is 0 Å². The fraction of sp³-hybridized carbons (Fsp3) is 0.375. The van der Waals surface area contributed by atoms with E-state index in [1.165, 1.54) is 0 Å². The van der Waals surface area contributed by atoms with Gasteiger partial charge in [0.1, 0.15) is 0 Å². The van der Waals surface area contributed by atoms with Crippen LogP contribution in [0.5, 0.6) is 0 Å². The molecule has 0 unspecified atom stereocenters. The number of hydrogen-bond donors (Lipinski definition) is 1. The summed E-state index contributed by atoms with van der Waals surface area (Å²) >= 11 is 7.43. The number of imidazole rings is 1. The van der Waals surface area contributed by atoms with Crippen molar-refractivity contribution in [2.45, 2.75) is 20.0 Å². The number of halogens is 1. The Bertz CT molecular complexity index is 446. The third kappa shape index (κ3) is 1.35. The number of thiazole rings is 1. The second kappa shape index (κ2) is 2.97. The first kappa shape index (κ1) is 8.99. The topological polar surface area (TPSA) is 37.5 Å². The lowest BCUT2D eigenvalue weighted by atomic mass is 10.3. The van der Waals surface area contributed by atoms with Crippen LogP contribution in [-0.4, -0.2) is 14.5 Å². The van der Waals surface area contributed by atoms with Crippen molar-refractivity contribution in [2.24, 2.45) is 0 Å². The van der Waals surface area contributed by atoms with Crippen molar-refractivity contribution in [3.05, 3.63) is 21.9 Å².